The number of fused-ring (bicyclic) bond motifs is 1. The molecule has 3 rings (SSSR count). The number of ketones is 1. The van der Waals surface area contributed by atoms with Crippen molar-refractivity contribution in [2.45, 2.75) is 64.6 Å². The number of hydrogen-bond acceptors (Lipinski definition) is 4. The van der Waals surface area contributed by atoms with E-state index in [2.05, 4.69) is 30.3 Å². The molecule has 0 aliphatic heterocycles. The second-order valence-electron chi connectivity index (χ2n) is 9.53. The van der Waals surface area contributed by atoms with E-state index in [1.807, 2.05) is 12.1 Å². The molecule has 2 aromatic carbocycles. The Morgan fingerprint density at radius 2 is 1.84 bits per heavy atom. The summed E-state index contributed by atoms with van der Waals surface area (Å²) < 4.78 is 0. The number of hydrogen-bond donors (Lipinski definition) is 3. The van der Waals surface area contributed by atoms with Gasteiger partial charge in [-0.15, -0.1) is 0 Å². The standard InChI is InChI=1S/C27H34O5/c1-27(2)25(31)22(9-5-6-10-24(29)30)23(26(27)32)16-15-21(28)14-12-18-11-13-19-7-3-4-8-20(19)17-18/h3-4,7-8,11,13,15-17,21-23,26,28,32H,5-6,9-10,12,14H2,1-2H3,(H,29,30)/b16-15+/t21?,22-,23-,26+/m1/s1. The Kier molecular flexibility index (Phi) is 7.86. The van der Waals surface area contributed by atoms with E-state index >= 15 is 0 Å². The van der Waals surface area contributed by atoms with E-state index in [9.17, 15) is 19.8 Å². The molecule has 0 spiro atoms. The van der Waals surface area contributed by atoms with Crippen molar-refractivity contribution in [1.29, 1.82) is 0 Å². The summed E-state index contributed by atoms with van der Waals surface area (Å²) >= 11 is 0. The molecule has 172 valence electrons. The summed E-state index contributed by atoms with van der Waals surface area (Å²) in [6.45, 7) is 3.52. The minimum Gasteiger partial charge on any atom is -0.481 e. The van der Waals surface area contributed by atoms with E-state index in [0.717, 1.165) is 12.0 Å². The van der Waals surface area contributed by atoms with E-state index in [0.29, 0.717) is 25.7 Å². The number of aliphatic hydroxyl groups excluding tert-OH is 2. The van der Waals surface area contributed by atoms with Crippen molar-refractivity contribution >= 4 is 22.5 Å². The van der Waals surface area contributed by atoms with Crippen molar-refractivity contribution in [2.24, 2.45) is 17.3 Å². The molecule has 1 aliphatic carbocycles. The summed E-state index contributed by atoms with van der Waals surface area (Å²) in [7, 11) is 0. The topological polar surface area (TPSA) is 94.8 Å². The van der Waals surface area contributed by atoms with Gasteiger partial charge in [0.1, 0.15) is 5.78 Å². The van der Waals surface area contributed by atoms with Gasteiger partial charge >= 0.3 is 5.97 Å². The van der Waals surface area contributed by atoms with Crippen LogP contribution in [0.3, 0.4) is 0 Å². The lowest BCUT2D eigenvalue weighted by atomic mass is 9.86. The SMILES string of the molecule is CC1(C)C(=O)[C@H](CCCCC(=O)O)[C@@H](/C=C/C(O)CCc2ccc3ccccc3c2)[C@@H]1O. The zero-order valence-corrected chi connectivity index (χ0v) is 18.9. The molecule has 0 heterocycles. The summed E-state index contributed by atoms with van der Waals surface area (Å²) in [6, 6.07) is 14.5. The van der Waals surface area contributed by atoms with E-state index in [4.69, 9.17) is 5.11 Å². The van der Waals surface area contributed by atoms with E-state index in [1.165, 1.54) is 10.8 Å². The van der Waals surface area contributed by atoms with Gasteiger partial charge in [-0.3, -0.25) is 9.59 Å². The Balaban J connectivity index is 1.60. The first kappa shape index (κ1) is 24.1. The summed E-state index contributed by atoms with van der Waals surface area (Å²) in [6.07, 6.45) is 5.07. The van der Waals surface area contributed by atoms with Crippen LogP contribution in [0.15, 0.2) is 54.6 Å². The van der Waals surface area contributed by atoms with Crippen LogP contribution in [0.25, 0.3) is 10.8 Å². The third-order valence-electron chi connectivity index (χ3n) is 6.79. The van der Waals surface area contributed by atoms with Gasteiger partial charge in [0.25, 0.3) is 0 Å². The van der Waals surface area contributed by atoms with Crippen molar-refractivity contribution < 1.29 is 24.9 Å². The fourth-order valence-electron chi connectivity index (χ4n) is 4.76. The molecule has 1 unspecified atom stereocenters. The summed E-state index contributed by atoms with van der Waals surface area (Å²) in [5.74, 6) is -1.54. The third-order valence-corrected chi connectivity index (χ3v) is 6.79. The van der Waals surface area contributed by atoms with Gasteiger partial charge in [0.2, 0.25) is 0 Å². The fourth-order valence-corrected chi connectivity index (χ4v) is 4.76. The molecule has 1 aliphatic rings. The fraction of sp³-hybridized carbons (Fsp3) is 0.481. The van der Waals surface area contributed by atoms with Gasteiger partial charge in [0, 0.05) is 18.3 Å². The second kappa shape index (κ2) is 10.4. The molecule has 0 aromatic heterocycles. The maximum atomic E-state index is 12.9. The quantitative estimate of drug-likeness (QED) is 0.374. The van der Waals surface area contributed by atoms with Crippen LogP contribution in [-0.4, -0.2) is 39.3 Å². The molecular formula is C27H34O5. The lowest BCUT2D eigenvalue weighted by Gasteiger charge is -2.22. The molecule has 1 fully saturated rings. The van der Waals surface area contributed by atoms with Gasteiger partial charge in [-0.05, 0) is 42.0 Å². The number of rotatable bonds is 10. The van der Waals surface area contributed by atoms with Gasteiger partial charge in [-0.1, -0.05) is 74.9 Å². The van der Waals surface area contributed by atoms with Crippen LogP contribution in [0, 0.1) is 17.3 Å². The number of Topliss-reactive ketones (excluding diaryl/α,β-unsaturated/α-hetero) is 1. The Labute approximate surface area is 189 Å². The lowest BCUT2D eigenvalue weighted by Crippen LogP contribution is -2.31. The van der Waals surface area contributed by atoms with Crippen LogP contribution >= 0.6 is 0 Å². The first-order chi connectivity index (χ1) is 15.2. The first-order valence-corrected chi connectivity index (χ1v) is 11.5. The lowest BCUT2D eigenvalue weighted by molar-refractivity contribution is -0.137. The highest BCUT2D eigenvalue weighted by atomic mass is 16.4. The van der Waals surface area contributed by atoms with Crippen molar-refractivity contribution in [3.8, 4) is 0 Å². The van der Waals surface area contributed by atoms with Crippen molar-refractivity contribution in [3.05, 3.63) is 60.2 Å². The van der Waals surface area contributed by atoms with Gasteiger partial charge in [0.15, 0.2) is 0 Å². The molecule has 2 aromatic rings. The largest absolute Gasteiger partial charge is 0.481 e. The average Bonchev–Trinajstić information content (AvgIpc) is 2.93. The smallest absolute Gasteiger partial charge is 0.303 e. The molecule has 0 radical (unpaired) electrons. The highest BCUT2D eigenvalue weighted by Crippen LogP contribution is 2.45. The molecule has 0 amide bonds. The summed E-state index contributed by atoms with van der Waals surface area (Å²) in [5.41, 5.74) is 0.312. The van der Waals surface area contributed by atoms with Crippen LogP contribution < -0.4 is 0 Å². The van der Waals surface area contributed by atoms with E-state index in [1.54, 1.807) is 26.0 Å². The zero-order chi connectivity index (χ0) is 23.3. The van der Waals surface area contributed by atoms with Gasteiger partial charge in [-0.25, -0.2) is 0 Å². The average molecular weight is 439 g/mol. The minimum atomic E-state index is -0.845. The number of carbonyl (C=O) groups excluding carboxylic acids is 1. The Bertz CT molecular complexity index is 977. The molecule has 0 saturated heterocycles. The molecular weight excluding hydrogens is 404 g/mol. The Hall–Kier alpha value is -2.50. The Morgan fingerprint density at radius 3 is 2.56 bits per heavy atom. The number of benzene rings is 2. The zero-order valence-electron chi connectivity index (χ0n) is 18.9. The predicted octanol–water partition coefficient (Wildman–Crippen LogP) is 4.54. The highest BCUT2D eigenvalue weighted by Gasteiger charge is 2.52. The predicted molar refractivity (Wildman–Crippen MR) is 125 cm³/mol. The van der Waals surface area contributed by atoms with Crippen LogP contribution in [-0.2, 0) is 16.0 Å². The Morgan fingerprint density at radius 1 is 1.12 bits per heavy atom. The number of carboxylic acids is 1. The van der Waals surface area contributed by atoms with Crippen LogP contribution in [0.1, 0.15) is 51.5 Å². The number of aryl methyl sites for hydroxylation is 1. The molecule has 5 nitrogen and oxygen atoms in total. The number of aliphatic hydroxyl groups is 2. The molecule has 3 N–H and O–H groups in total. The third kappa shape index (κ3) is 5.64. The number of aliphatic carboxylic acids is 1. The molecule has 0 bridgehead atoms. The monoisotopic (exact) mass is 438 g/mol. The second-order valence-corrected chi connectivity index (χ2v) is 9.53. The minimum absolute atomic E-state index is 0.0145. The summed E-state index contributed by atoms with van der Waals surface area (Å²) in [4.78, 5) is 23.6. The van der Waals surface area contributed by atoms with Gasteiger partial charge in [0.05, 0.1) is 17.6 Å². The van der Waals surface area contributed by atoms with Crippen molar-refractivity contribution in [2.75, 3.05) is 0 Å². The van der Waals surface area contributed by atoms with E-state index < -0.39 is 23.6 Å². The number of unbranched alkanes of at least 4 members (excludes halogenated alkanes) is 1. The molecule has 4 atom stereocenters. The first-order valence-electron chi connectivity index (χ1n) is 11.5. The molecule has 32 heavy (non-hydrogen) atoms. The maximum Gasteiger partial charge on any atom is 0.303 e. The van der Waals surface area contributed by atoms with Crippen molar-refractivity contribution in [3.63, 3.8) is 0 Å². The van der Waals surface area contributed by atoms with E-state index in [-0.39, 0.29) is 24.0 Å². The normalized spacial score (nSPS) is 23.8. The van der Waals surface area contributed by atoms with Gasteiger partial charge < -0.3 is 15.3 Å². The highest BCUT2D eigenvalue weighted by molar-refractivity contribution is 5.90. The molecule has 5 heteroatoms. The van der Waals surface area contributed by atoms with Crippen LogP contribution in [0.2, 0.25) is 0 Å². The van der Waals surface area contributed by atoms with Crippen LogP contribution in [0.4, 0.5) is 0 Å². The summed E-state index contributed by atoms with van der Waals surface area (Å²) in [5, 5.41) is 32.5. The molecule has 1 saturated carbocycles. The maximum absolute atomic E-state index is 12.9. The van der Waals surface area contributed by atoms with Gasteiger partial charge in [-0.2, -0.15) is 0 Å². The van der Waals surface area contributed by atoms with Crippen LogP contribution in [0.5, 0.6) is 0 Å². The van der Waals surface area contributed by atoms with Crippen molar-refractivity contribution in [1.82, 2.24) is 0 Å². The number of carbonyl (C=O) groups is 2. The number of carboxylic acid groups (broad SMARTS) is 1.